The number of pyridine rings is 1. The van der Waals surface area contributed by atoms with Gasteiger partial charge in [0.2, 0.25) is 5.91 Å². The Labute approximate surface area is 227 Å². The highest BCUT2D eigenvalue weighted by atomic mass is 35.5. The van der Waals surface area contributed by atoms with Crippen molar-refractivity contribution < 1.29 is 29.7 Å². The minimum Gasteiger partial charge on any atom is -0.508 e. The zero-order valence-electron chi connectivity index (χ0n) is 21.4. The number of halogens is 1. The van der Waals surface area contributed by atoms with Crippen molar-refractivity contribution >= 4 is 35.1 Å². The maximum Gasteiger partial charge on any atom is 0.328 e. The van der Waals surface area contributed by atoms with Crippen molar-refractivity contribution in [2.45, 2.75) is 19.3 Å². The summed E-state index contributed by atoms with van der Waals surface area (Å²) in [5, 5.41) is 27.9. The number of hydrogen-bond donors (Lipinski definition) is 4. The molecule has 1 heterocycles. The summed E-state index contributed by atoms with van der Waals surface area (Å²) in [7, 11) is 4.19. The predicted molar refractivity (Wildman–Crippen MR) is 148 cm³/mol. The van der Waals surface area contributed by atoms with Crippen LogP contribution in [0.4, 0.5) is 5.69 Å². The first kappa shape index (κ1) is 31.8. The van der Waals surface area contributed by atoms with Crippen LogP contribution in [0.5, 0.6) is 5.75 Å². The number of phenolic OH excluding ortho intramolecular Hbond substituents is 1. The van der Waals surface area contributed by atoms with Gasteiger partial charge in [-0.1, -0.05) is 29.8 Å². The first-order valence-corrected chi connectivity index (χ1v) is 11.9. The predicted octanol–water partition coefficient (Wildman–Crippen LogP) is 4.88. The number of carboxylic acids is 2. The van der Waals surface area contributed by atoms with E-state index in [-0.39, 0.29) is 11.7 Å². The van der Waals surface area contributed by atoms with Gasteiger partial charge in [-0.3, -0.25) is 9.78 Å². The highest BCUT2D eigenvalue weighted by molar-refractivity contribution is 6.30. The van der Waals surface area contributed by atoms with E-state index < -0.39 is 11.9 Å². The van der Waals surface area contributed by atoms with E-state index in [1.54, 1.807) is 12.1 Å². The topological polar surface area (TPSA) is 140 Å². The number of carbonyl (C=O) groups is 3. The van der Waals surface area contributed by atoms with Gasteiger partial charge in [-0.2, -0.15) is 0 Å². The third kappa shape index (κ3) is 14.4. The fourth-order valence-electron chi connectivity index (χ4n) is 3.04. The molecular formula is C28H32ClN3O6. The molecule has 0 saturated carbocycles. The third-order valence-corrected chi connectivity index (χ3v) is 4.99. The summed E-state index contributed by atoms with van der Waals surface area (Å²) in [4.78, 5) is 36.3. The lowest BCUT2D eigenvalue weighted by atomic mass is 9.92. The normalized spacial score (nSPS) is 11.0. The lowest BCUT2D eigenvalue weighted by molar-refractivity contribution is -0.134. The van der Waals surface area contributed by atoms with Gasteiger partial charge in [-0.25, -0.2) is 9.59 Å². The van der Waals surface area contributed by atoms with E-state index in [1.807, 2.05) is 30.5 Å². The smallest absolute Gasteiger partial charge is 0.328 e. The molecule has 0 radical (unpaired) electrons. The molecule has 202 valence electrons. The molecule has 0 spiro atoms. The molecule has 1 atom stereocenters. The Morgan fingerprint density at radius 2 is 1.53 bits per heavy atom. The van der Waals surface area contributed by atoms with Gasteiger partial charge in [-0.15, -0.1) is 0 Å². The van der Waals surface area contributed by atoms with Gasteiger partial charge >= 0.3 is 11.9 Å². The summed E-state index contributed by atoms with van der Waals surface area (Å²) in [6, 6.07) is 20.5. The number of anilines is 1. The average Bonchev–Trinajstić information content (AvgIpc) is 2.86. The van der Waals surface area contributed by atoms with Gasteiger partial charge in [-0.05, 0) is 81.2 Å². The van der Waals surface area contributed by atoms with Crippen LogP contribution in [0.15, 0.2) is 85.1 Å². The van der Waals surface area contributed by atoms with Crippen LogP contribution >= 0.6 is 11.6 Å². The number of carbonyl (C=O) groups excluding carboxylic acids is 1. The molecule has 0 aliphatic carbocycles. The quantitative estimate of drug-likeness (QED) is 0.233. The first-order chi connectivity index (χ1) is 18.0. The summed E-state index contributed by atoms with van der Waals surface area (Å²) in [6.45, 7) is 2.47. The number of nitrogens with zero attached hydrogens (tertiary/aromatic N) is 2. The maximum atomic E-state index is 10.5. The lowest BCUT2D eigenvalue weighted by Gasteiger charge is -2.19. The van der Waals surface area contributed by atoms with Crippen LogP contribution in [0.25, 0.3) is 0 Å². The SMILES string of the molecule is CC(=O)Nc1ccc(O)cc1.CN(C)CCC(c1ccc(Cl)cc1)c1ccccn1.O=C(O)/C=C\C(=O)O. The molecule has 0 aliphatic heterocycles. The molecular weight excluding hydrogens is 510 g/mol. The molecule has 0 aliphatic rings. The molecule has 1 amide bonds. The fourth-order valence-corrected chi connectivity index (χ4v) is 3.17. The van der Waals surface area contributed by atoms with E-state index in [1.165, 1.54) is 24.6 Å². The molecule has 10 heteroatoms. The van der Waals surface area contributed by atoms with Gasteiger partial charge in [0.15, 0.2) is 0 Å². The second-order valence-electron chi connectivity index (χ2n) is 8.19. The van der Waals surface area contributed by atoms with E-state index in [4.69, 9.17) is 26.9 Å². The van der Waals surface area contributed by atoms with E-state index in [9.17, 15) is 14.4 Å². The van der Waals surface area contributed by atoms with E-state index >= 15 is 0 Å². The number of hydrogen-bond acceptors (Lipinski definition) is 6. The number of aromatic nitrogens is 1. The number of phenols is 1. The summed E-state index contributed by atoms with van der Waals surface area (Å²) in [6.07, 6.45) is 4.02. The average molecular weight is 542 g/mol. The Morgan fingerprint density at radius 3 is 1.97 bits per heavy atom. The van der Waals surface area contributed by atoms with Crippen molar-refractivity contribution in [3.63, 3.8) is 0 Å². The lowest BCUT2D eigenvalue weighted by Crippen LogP contribution is -2.17. The van der Waals surface area contributed by atoms with Crippen LogP contribution in [0, 0.1) is 0 Å². The zero-order chi connectivity index (χ0) is 28.5. The molecule has 0 fully saturated rings. The molecule has 0 saturated heterocycles. The third-order valence-electron chi connectivity index (χ3n) is 4.74. The fraction of sp³-hybridized carbons (Fsp3) is 0.214. The standard InChI is InChI=1S/C16H19ClN2.C8H9NO2.C4H4O4/c1-19(2)12-10-15(16-5-3-4-11-18-16)13-6-8-14(17)9-7-13;1-6(10)9-7-2-4-8(11)5-3-7;5-3(6)1-2-4(7)8/h3-9,11,15H,10,12H2,1-2H3;2-5,11H,1H3,(H,9,10);1-2H,(H,5,6)(H,7,8)/b;;2-1-. The highest BCUT2D eigenvalue weighted by Gasteiger charge is 2.15. The Kier molecular flexibility index (Phi) is 14.5. The molecule has 1 aromatic heterocycles. The van der Waals surface area contributed by atoms with Gasteiger partial charge < -0.3 is 25.5 Å². The summed E-state index contributed by atoms with van der Waals surface area (Å²) in [5.41, 5.74) is 3.08. The van der Waals surface area contributed by atoms with Crippen molar-refractivity contribution in [2.24, 2.45) is 0 Å². The van der Waals surface area contributed by atoms with E-state index in [0.29, 0.717) is 23.8 Å². The second kappa shape index (κ2) is 17.3. The summed E-state index contributed by atoms with van der Waals surface area (Å²) >= 11 is 5.97. The Morgan fingerprint density at radius 1 is 0.947 bits per heavy atom. The Hall–Kier alpha value is -4.21. The van der Waals surface area contributed by atoms with Gasteiger partial charge in [0.05, 0.1) is 0 Å². The number of nitrogens with one attached hydrogen (secondary N) is 1. The molecule has 4 N–H and O–H groups in total. The van der Waals surface area contributed by atoms with Crippen molar-refractivity contribution in [2.75, 3.05) is 26.0 Å². The number of benzene rings is 2. The van der Waals surface area contributed by atoms with Crippen molar-refractivity contribution in [3.05, 3.63) is 101 Å². The summed E-state index contributed by atoms with van der Waals surface area (Å²) in [5.74, 6) is -2.12. The molecule has 0 bridgehead atoms. The number of rotatable bonds is 8. The van der Waals surface area contributed by atoms with Crippen LogP contribution < -0.4 is 5.32 Å². The number of aromatic hydroxyl groups is 1. The van der Waals surface area contributed by atoms with Crippen LogP contribution in [-0.2, 0) is 14.4 Å². The zero-order valence-corrected chi connectivity index (χ0v) is 22.2. The molecule has 3 rings (SSSR count). The van der Waals surface area contributed by atoms with Gasteiger partial charge in [0.1, 0.15) is 5.75 Å². The number of aliphatic carboxylic acids is 2. The van der Waals surface area contributed by atoms with Crippen LogP contribution in [0.2, 0.25) is 5.02 Å². The molecule has 38 heavy (non-hydrogen) atoms. The molecule has 3 aromatic rings. The van der Waals surface area contributed by atoms with Crippen LogP contribution in [-0.4, -0.2) is 63.7 Å². The van der Waals surface area contributed by atoms with E-state index in [2.05, 4.69) is 47.5 Å². The van der Waals surface area contributed by atoms with Crippen LogP contribution in [0.3, 0.4) is 0 Å². The minimum absolute atomic E-state index is 0.115. The van der Waals surface area contributed by atoms with Crippen molar-refractivity contribution in [1.29, 1.82) is 0 Å². The number of amides is 1. The van der Waals surface area contributed by atoms with Crippen molar-refractivity contribution in [3.8, 4) is 5.75 Å². The monoisotopic (exact) mass is 541 g/mol. The Bertz CT molecular complexity index is 1150. The van der Waals surface area contributed by atoms with Gasteiger partial charge in [0.25, 0.3) is 0 Å². The highest BCUT2D eigenvalue weighted by Crippen LogP contribution is 2.27. The van der Waals surface area contributed by atoms with Crippen molar-refractivity contribution in [1.82, 2.24) is 9.88 Å². The van der Waals surface area contributed by atoms with E-state index in [0.717, 1.165) is 23.7 Å². The van der Waals surface area contributed by atoms with Gasteiger partial charge in [0, 0.05) is 47.6 Å². The Balaban J connectivity index is 0.000000322. The molecule has 1 unspecified atom stereocenters. The minimum atomic E-state index is -1.26. The molecule has 2 aromatic carbocycles. The first-order valence-electron chi connectivity index (χ1n) is 11.5. The maximum absolute atomic E-state index is 10.5. The summed E-state index contributed by atoms with van der Waals surface area (Å²) < 4.78 is 0. The number of carboxylic acid groups (broad SMARTS) is 2. The molecule has 9 nitrogen and oxygen atoms in total. The largest absolute Gasteiger partial charge is 0.508 e. The second-order valence-corrected chi connectivity index (χ2v) is 8.62. The van der Waals surface area contributed by atoms with Crippen LogP contribution in [0.1, 0.15) is 30.5 Å².